The smallest absolute Gasteiger partial charge is 0.237 e. The van der Waals surface area contributed by atoms with Crippen molar-refractivity contribution in [3.05, 3.63) is 41.2 Å². The Hall–Kier alpha value is -2.12. The van der Waals surface area contributed by atoms with Gasteiger partial charge in [0.15, 0.2) is 10.9 Å². The van der Waals surface area contributed by atoms with Crippen molar-refractivity contribution in [2.24, 2.45) is 0 Å². The zero-order valence-corrected chi connectivity index (χ0v) is 16.6. The number of hydrogen-bond acceptors (Lipinski definition) is 5. The summed E-state index contributed by atoms with van der Waals surface area (Å²) in [6.45, 7) is 8.60. The molecule has 0 aliphatic rings. The first-order valence-corrected chi connectivity index (χ1v) is 9.32. The van der Waals surface area contributed by atoms with Crippen LogP contribution in [0.4, 0.5) is 5.69 Å². The molecule has 0 radical (unpaired) electrons. The molecule has 1 N–H and O–H groups in total. The number of aromatic nitrogens is 2. The minimum Gasteiger partial charge on any atom is -0.383 e. The number of ether oxygens (including phenoxy) is 1. The van der Waals surface area contributed by atoms with Crippen LogP contribution in [0.25, 0.3) is 0 Å². The normalized spacial score (nSPS) is 12.0. The van der Waals surface area contributed by atoms with Crippen molar-refractivity contribution in [2.75, 3.05) is 19.0 Å². The Morgan fingerprint density at radius 1 is 1.35 bits per heavy atom. The fourth-order valence-corrected chi connectivity index (χ4v) is 3.46. The molecule has 1 heterocycles. The van der Waals surface area contributed by atoms with Crippen LogP contribution < -0.4 is 5.32 Å². The molecule has 1 unspecified atom stereocenters. The first-order valence-electron chi connectivity index (χ1n) is 8.44. The Bertz CT molecular complexity index is 801. The number of methoxy groups -OCH3 is 1. The van der Waals surface area contributed by atoms with E-state index in [9.17, 15) is 9.59 Å². The number of ketones is 1. The highest BCUT2D eigenvalue weighted by Crippen LogP contribution is 2.26. The molecule has 0 bridgehead atoms. The number of nitrogens with one attached hydrogen (secondary N) is 1. The van der Waals surface area contributed by atoms with Crippen LogP contribution in [0, 0.1) is 13.8 Å². The molecular weight excluding hydrogens is 350 g/mol. The van der Waals surface area contributed by atoms with Crippen LogP contribution in [0.1, 0.15) is 35.6 Å². The Morgan fingerprint density at radius 2 is 2.08 bits per heavy atom. The Kier molecular flexibility index (Phi) is 6.99. The Balaban J connectivity index is 2.09. The topological polar surface area (TPSA) is 73.2 Å². The second-order valence-corrected chi connectivity index (χ2v) is 7.40. The Morgan fingerprint density at radius 3 is 2.73 bits per heavy atom. The number of imidazole rings is 1. The van der Waals surface area contributed by atoms with Crippen LogP contribution >= 0.6 is 11.8 Å². The molecule has 0 spiro atoms. The number of aryl methyl sites for hydroxylation is 1. The number of Topliss-reactive ketones (excluding diaryl/α,β-unsaturated/α-hetero) is 1. The lowest BCUT2D eigenvalue weighted by Gasteiger charge is -2.14. The number of hydrogen-bond donors (Lipinski definition) is 1. The van der Waals surface area contributed by atoms with Crippen molar-refractivity contribution in [3.8, 4) is 0 Å². The average Bonchev–Trinajstić information content (AvgIpc) is 2.86. The fourth-order valence-electron chi connectivity index (χ4n) is 2.43. The maximum Gasteiger partial charge on any atom is 0.237 e. The number of carbonyl (C=O) groups is 2. The SMILES string of the molecule is COCCn1c(SC(C)C(=O)Nc2cccc(C(C)=O)c2)nc(C)c1C. The quantitative estimate of drug-likeness (QED) is 0.565. The van der Waals surface area contributed by atoms with E-state index in [2.05, 4.69) is 14.9 Å². The van der Waals surface area contributed by atoms with E-state index in [0.29, 0.717) is 24.4 Å². The molecule has 140 valence electrons. The zero-order chi connectivity index (χ0) is 19.3. The van der Waals surface area contributed by atoms with Gasteiger partial charge in [0.1, 0.15) is 0 Å². The van der Waals surface area contributed by atoms with Gasteiger partial charge in [-0.2, -0.15) is 0 Å². The summed E-state index contributed by atoms with van der Waals surface area (Å²) in [5.41, 5.74) is 3.21. The molecule has 0 aliphatic heterocycles. The monoisotopic (exact) mass is 375 g/mol. The largest absolute Gasteiger partial charge is 0.383 e. The van der Waals surface area contributed by atoms with E-state index in [1.165, 1.54) is 18.7 Å². The summed E-state index contributed by atoms with van der Waals surface area (Å²) in [6.07, 6.45) is 0. The van der Waals surface area contributed by atoms with E-state index >= 15 is 0 Å². The van der Waals surface area contributed by atoms with E-state index in [1.807, 2.05) is 20.8 Å². The molecule has 0 aliphatic carbocycles. The predicted octanol–water partition coefficient (Wildman–Crippen LogP) is 3.47. The molecular formula is C19H25N3O3S. The third-order valence-corrected chi connectivity index (χ3v) is 5.22. The summed E-state index contributed by atoms with van der Waals surface area (Å²) < 4.78 is 7.24. The number of carbonyl (C=O) groups excluding carboxylic acids is 2. The van der Waals surface area contributed by atoms with Gasteiger partial charge in [0, 0.05) is 30.6 Å². The van der Waals surface area contributed by atoms with Crippen LogP contribution in [0.5, 0.6) is 0 Å². The molecule has 1 aromatic carbocycles. The van der Waals surface area contributed by atoms with Gasteiger partial charge >= 0.3 is 0 Å². The van der Waals surface area contributed by atoms with Crippen molar-refractivity contribution in [2.45, 2.75) is 44.6 Å². The summed E-state index contributed by atoms with van der Waals surface area (Å²) in [4.78, 5) is 28.6. The highest BCUT2D eigenvalue weighted by molar-refractivity contribution is 8.00. The third kappa shape index (κ3) is 4.95. The first-order chi connectivity index (χ1) is 12.3. The number of thioether (sulfide) groups is 1. The van der Waals surface area contributed by atoms with E-state index in [1.54, 1.807) is 31.4 Å². The van der Waals surface area contributed by atoms with Crippen molar-refractivity contribution in [3.63, 3.8) is 0 Å². The fraction of sp³-hybridized carbons (Fsp3) is 0.421. The van der Waals surface area contributed by atoms with Crippen LogP contribution in [0.15, 0.2) is 29.4 Å². The van der Waals surface area contributed by atoms with Gasteiger partial charge in [-0.3, -0.25) is 9.59 Å². The number of rotatable bonds is 8. The molecule has 1 aromatic heterocycles. The first kappa shape index (κ1) is 20.2. The third-order valence-electron chi connectivity index (χ3n) is 4.13. The van der Waals surface area contributed by atoms with Gasteiger partial charge in [-0.15, -0.1) is 0 Å². The summed E-state index contributed by atoms with van der Waals surface area (Å²) >= 11 is 1.41. The van der Waals surface area contributed by atoms with E-state index < -0.39 is 0 Å². The molecule has 2 aromatic rings. The van der Waals surface area contributed by atoms with E-state index in [0.717, 1.165) is 16.5 Å². The minimum absolute atomic E-state index is 0.0327. The highest BCUT2D eigenvalue weighted by atomic mass is 32.2. The lowest BCUT2D eigenvalue weighted by atomic mass is 10.1. The van der Waals surface area contributed by atoms with Crippen LogP contribution in [0.3, 0.4) is 0 Å². The van der Waals surface area contributed by atoms with Gasteiger partial charge in [-0.05, 0) is 39.8 Å². The molecule has 7 heteroatoms. The molecule has 0 saturated carbocycles. The van der Waals surface area contributed by atoms with Crippen molar-refractivity contribution in [1.82, 2.24) is 9.55 Å². The molecule has 6 nitrogen and oxygen atoms in total. The second kappa shape index (κ2) is 9.00. The van der Waals surface area contributed by atoms with Gasteiger partial charge < -0.3 is 14.6 Å². The molecule has 0 saturated heterocycles. The van der Waals surface area contributed by atoms with Gasteiger partial charge in [0.2, 0.25) is 5.91 Å². The summed E-state index contributed by atoms with van der Waals surface area (Å²) in [7, 11) is 1.66. The lowest BCUT2D eigenvalue weighted by Crippen LogP contribution is -2.23. The van der Waals surface area contributed by atoms with Crippen molar-refractivity contribution < 1.29 is 14.3 Å². The van der Waals surface area contributed by atoms with Crippen molar-refractivity contribution in [1.29, 1.82) is 0 Å². The van der Waals surface area contributed by atoms with Crippen LogP contribution in [-0.2, 0) is 16.1 Å². The number of anilines is 1. The minimum atomic E-state index is -0.335. The molecule has 0 fully saturated rings. The molecule has 2 rings (SSSR count). The molecule has 1 amide bonds. The maximum atomic E-state index is 12.5. The predicted molar refractivity (Wildman–Crippen MR) is 104 cm³/mol. The van der Waals surface area contributed by atoms with E-state index in [4.69, 9.17) is 4.74 Å². The molecule has 26 heavy (non-hydrogen) atoms. The zero-order valence-electron chi connectivity index (χ0n) is 15.8. The number of amides is 1. The van der Waals surface area contributed by atoms with Gasteiger partial charge in [-0.25, -0.2) is 4.98 Å². The summed E-state index contributed by atoms with van der Waals surface area (Å²) in [6, 6.07) is 6.95. The van der Waals surface area contributed by atoms with Gasteiger partial charge in [0.25, 0.3) is 0 Å². The number of benzene rings is 1. The van der Waals surface area contributed by atoms with Crippen LogP contribution in [-0.4, -0.2) is 40.2 Å². The van der Waals surface area contributed by atoms with Gasteiger partial charge in [-0.1, -0.05) is 23.9 Å². The number of nitrogens with zero attached hydrogens (tertiary/aromatic N) is 2. The van der Waals surface area contributed by atoms with Crippen LogP contribution in [0.2, 0.25) is 0 Å². The highest BCUT2D eigenvalue weighted by Gasteiger charge is 2.20. The maximum absolute atomic E-state index is 12.5. The Labute approximate surface area is 158 Å². The second-order valence-electron chi connectivity index (χ2n) is 6.10. The molecule has 1 atom stereocenters. The van der Waals surface area contributed by atoms with E-state index in [-0.39, 0.29) is 16.9 Å². The van der Waals surface area contributed by atoms with Crippen molar-refractivity contribution >= 4 is 29.1 Å². The lowest BCUT2D eigenvalue weighted by molar-refractivity contribution is -0.115. The van der Waals surface area contributed by atoms with Gasteiger partial charge in [0.05, 0.1) is 17.6 Å². The summed E-state index contributed by atoms with van der Waals surface area (Å²) in [5.74, 6) is -0.165. The standard InChI is InChI=1S/C19H25N3O3S/c1-12-13(2)22(9-10-25-5)19(20-12)26-15(4)18(24)21-17-8-6-7-16(11-17)14(3)23/h6-8,11,15H,9-10H2,1-5H3,(H,21,24). The average molecular weight is 375 g/mol. The summed E-state index contributed by atoms with van der Waals surface area (Å²) in [5, 5.41) is 3.34.